The fourth-order valence-corrected chi connectivity index (χ4v) is 1.54. The number of carbonyl (C=O) groups is 2. The SMILES string of the molecule is CN1CCN(C(=O)OC(C)(C)C)CC1C=O. The van der Waals surface area contributed by atoms with Gasteiger partial charge in [-0.05, 0) is 27.8 Å². The van der Waals surface area contributed by atoms with Gasteiger partial charge in [-0.3, -0.25) is 4.90 Å². The van der Waals surface area contributed by atoms with Crippen LogP contribution in [-0.4, -0.2) is 60.5 Å². The van der Waals surface area contributed by atoms with Crippen molar-refractivity contribution in [3.63, 3.8) is 0 Å². The van der Waals surface area contributed by atoms with Crippen molar-refractivity contribution in [1.82, 2.24) is 9.80 Å². The molecule has 92 valence electrons. The van der Waals surface area contributed by atoms with Crippen LogP contribution in [0.25, 0.3) is 0 Å². The molecule has 1 heterocycles. The van der Waals surface area contributed by atoms with Gasteiger partial charge in [-0.1, -0.05) is 0 Å². The molecule has 1 saturated heterocycles. The van der Waals surface area contributed by atoms with E-state index in [1.54, 1.807) is 4.90 Å². The molecule has 0 N–H and O–H groups in total. The van der Waals surface area contributed by atoms with Crippen LogP contribution >= 0.6 is 0 Å². The van der Waals surface area contributed by atoms with E-state index < -0.39 is 5.60 Å². The van der Waals surface area contributed by atoms with Gasteiger partial charge >= 0.3 is 6.09 Å². The molecule has 1 rings (SSSR count). The molecule has 16 heavy (non-hydrogen) atoms. The van der Waals surface area contributed by atoms with Crippen molar-refractivity contribution in [1.29, 1.82) is 0 Å². The predicted octanol–water partition coefficient (Wildman–Crippen LogP) is 0.736. The van der Waals surface area contributed by atoms with Gasteiger partial charge in [0.05, 0.1) is 6.04 Å². The molecule has 0 aromatic carbocycles. The number of aldehydes is 1. The molecule has 0 aromatic heterocycles. The number of carbonyl (C=O) groups excluding carboxylic acids is 2. The Labute approximate surface area is 96.3 Å². The van der Waals surface area contributed by atoms with Crippen LogP contribution in [0.2, 0.25) is 0 Å². The zero-order valence-corrected chi connectivity index (χ0v) is 10.4. The number of ether oxygens (including phenoxy) is 1. The number of nitrogens with zero attached hydrogens (tertiary/aromatic N) is 2. The number of hydrogen-bond donors (Lipinski definition) is 0. The third kappa shape index (κ3) is 3.48. The number of likely N-dealkylation sites (N-methyl/N-ethyl adjacent to an activating group) is 1. The van der Waals surface area contributed by atoms with Crippen LogP contribution in [0, 0.1) is 0 Å². The van der Waals surface area contributed by atoms with Crippen LogP contribution in [0.15, 0.2) is 0 Å². The van der Waals surface area contributed by atoms with E-state index in [4.69, 9.17) is 4.74 Å². The minimum absolute atomic E-state index is 0.221. The normalized spacial score (nSPS) is 23.0. The summed E-state index contributed by atoms with van der Waals surface area (Å²) in [5.41, 5.74) is -0.489. The molecule has 1 fully saturated rings. The lowest BCUT2D eigenvalue weighted by atomic mass is 10.2. The van der Waals surface area contributed by atoms with Gasteiger partial charge in [-0.25, -0.2) is 4.79 Å². The summed E-state index contributed by atoms with van der Waals surface area (Å²) in [5, 5.41) is 0. The molecule has 1 aliphatic rings. The molecule has 1 unspecified atom stereocenters. The monoisotopic (exact) mass is 228 g/mol. The third-order valence-electron chi connectivity index (χ3n) is 2.51. The molecule has 1 amide bonds. The van der Waals surface area contributed by atoms with Crippen LogP contribution in [0.3, 0.4) is 0 Å². The largest absolute Gasteiger partial charge is 0.444 e. The first-order valence-corrected chi connectivity index (χ1v) is 5.47. The number of hydrogen-bond acceptors (Lipinski definition) is 4. The second-order valence-electron chi connectivity index (χ2n) is 5.11. The Morgan fingerprint density at radius 3 is 2.50 bits per heavy atom. The van der Waals surface area contributed by atoms with Crippen molar-refractivity contribution in [3.8, 4) is 0 Å². The summed E-state index contributed by atoms with van der Waals surface area (Å²) in [6.45, 7) is 7.21. The summed E-state index contributed by atoms with van der Waals surface area (Å²) >= 11 is 0. The van der Waals surface area contributed by atoms with Gasteiger partial charge in [-0.2, -0.15) is 0 Å². The van der Waals surface area contributed by atoms with E-state index in [0.717, 1.165) is 6.29 Å². The van der Waals surface area contributed by atoms with Gasteiger partial charge in [0, 0.05) is 19.6 Å². The minimum Gasteiger partial charge on any atom is -0.444 e. The molecular weight excluding hydrogens is 208 g/mol. The van der Waals surface area contributed by atoms with Crippen LogP contribution < -0.4 is 0 Å². The first-order valence-electron chi connectivity index (χ1n) is 5.47. The Bertz CT molecular complexity index is 273. The molecule has 0 aliphatic carbocycles. The Morgan fingerprint density at radius 1 is 1.38 bits per heavy atom. The summed E-state index contributed by atoms with van der Waals surface area (Å²) in [6.07, 6.45) is 0.531. The van der Waals surface area contributed by atoms with Gasteiger partial charge in [0.1, 0.15) is 11.9 Å². The van der Waals surface area contributed by atoms with Crippen molar-refractivity contribution < 1.29 is 14.3 Å². The molecule has 1 aliphatic heterocycles. The van der Waals surface area contributed by atoms with Crippen molar-refractivity contribution >= 4 is 12.4 Å². The van der Waals surface area contributed by atoms with Gasteiger partial charge in [0.25, 0.3) is 0 Å². The summed E-state index contributed by atoms with van der Waals surface area (Å²) in [4.78, 5) is 26.1. The number of piperazine rings is 1. The summed E-state index contributed by atoms with van der Waals surface area (Å²) in [5.74, 6) is 0. The molecular formula is C11H20N2O3. The topological polar surface area (TPSA) is 49.9 Å². The van der Waals surface area contributed by atoms with Crippen LogP contribution in [0.5, 0.6) is 0 Å². The van der Waals surface area contributed by atoms with Gasteiger partial charge in [-0.15, -0.1) is 0 Å². The molecule has 0 radical (unpaired) electrons. The highest BCUT2D eigenvalue weighted by Gasteiger charge is 2.29. The second-order valence-corrected chi connectivity index (χ2v) is 5.11. The molecule has 5 heteroatoms. The van der Waals surface area contributed by atoms with E-state index in [0.29, 0.717) is 19.6 Å². The maximum absolute atomic E-state index is 11.8. The average molecular weight is 228 g/mol. The van der Waals surface area contributed by atoms with Crippen molar-refractivity contribution in [2.75, 3.05) is 26.7 Å². The first kappa shape index (κ1) is 13.0. The third-order valence-corrected chi connectivity index (χ3v) is 2.51. The lowest BCUT2D eigenvalue weighted by Gasteiger charge is -2.37. The number of rotatable bonds is 1. The Morgan fingerprint density at radius 2 is 2.00 bits per heavy atom. The highest BCUT2D eigenvalue weighted by Crippen LogP contribution is 2.13. The smallest absolute Gasteiger partial charge is 0.410 e. The van der Waals surface area contributed by atoms with Gasteiger partial charge in [0.15, 0.2) is 0 Å². The summed E-state index contributed by atoms with van der Waals surface area (Å²) < 4.78 is 5.26. The molecule has 0 bridgehead atoms. The summed E-state index contributed by atoms with van der Waals surface area (Å²) in [7, 11) is 1.88. The van der Waals surface area contributed by atoms with E-state index >= 15 is 0 Å². The second kappa shape index (κ2) is 4.82. The van der Waals surface area contributed by atoms with Crippen LogP contribution in [0.4, 0.5) is 4.79 Å². The van der Waals surface area contributed by atoms with Crippen molar-refractivity contribution in [2.24, 2.45) is 0 Å². The van der Waals surface area contributed by atoms with Crippen molar-refractivity contribution in [2.45, 2.75) is 32.4 Å². The highest BCUT2D eigenvalue weighted by atomic mass is 16.6. The summed E-state index contributed by atoms with van der Waals surface area (Å²) in [6, 6.07) is -0.221. The van der Waals surface area contributed by atoms with E-state index in [1.807, 2.05) is 32.7 Å². The van der Waals surface area contributed by atoms with E-state index in [2.05, 4.69) is 0 Å². The van der Waals surface area contributed by atoms with Crippen molar-refractivity contribution in [3.05, 3.63) is 0 Å². The van der Waals surface area contributed by atoms with Gasteiger partial charge < -0.3 is 14.4 Å². The fourth-order valence-electron chi connectivity index (χ4n) is 1.54. The predicted molar refractivity (Wildman–Crippen MR) is 60.3 cm³/mol. The quantitative estimate of drug-likeness (QED) is 0.621. The maximum Gasteiger partial charge on any atom is 0.410 e. The Balaban J connectivity index is 2.55. The minimum atomic E-state index is -0.489. The lowest BCUT2D eigenvalue weighted by Crippen LogP contribution is -2.54. The molecule has 5 nitrogen and oxygen atoms in total. The fraction of sp³-hybridized carbons (Fsp3) is 0.818. The zero-order chi connectivity index (χ0) is 12.3. The Kier molecular flexibility index (Phi) is 3.91. The zero-order valence-electron chi connectivity index (χ0n) is 10.4. The molecule has 0 aromatic rings. The maximum atomic E-state index is 11.8. The van der Waals surface area contributed by atoms with Gasteiger partial charge in [0.2, 0.25) is 0 Å². The van der Waals surface area contributed by atoms with E-state index in [-0.39, 0.29) is 12.1 Å². The Hall–Kier alpha value is -1.10. The number of amides is 1. The van der Waals surface area contributed by atoms with E-state index in [9.17, 15) is 9.59 Å². The lowest BCUT2D eigenvalue weighted by molar-refractivity contribution is -0.113. The average Bonchev–Trinajstić information content (AvgIpc) is 2.15. The molecule has 0 saturated carbocycles. The first-order chi connectivity index (χ1) is 7.33. The molecule has 1 atom stereocenters. The van der Waals surface area contributed by atoms with Crippen LogP contribution in [-0.2, 0) is 9.53 Å². The highest BCUT2D eigenvalue weighted by molar-refractivity contribution is 5.70. The van der Waals surface area contributed by atoms with E-state index in [1.165, 1.54) is 0 Å². The standard InChI is InChI=1S/C11H20N2O3/c1-11(2,3)16-10(15)13-6-5-12(4)9(7-13)8-14/h8-9H,5-7H2,1-4H3. The molecule has 0 spiro atoms. The van der Waals surface area contributed by atoms with Crippen LogP contribution in [0.1, 0.15) is 20.8 Å².